The van der Waals surface area contributed by atoms with Crippen molar-refractivity contribution in [2.75, 3.05) is 0 Å². The van der Waals surface area contributed by atoms with Crippen LogP contribution in [-0.2, 0) is 21.2 Å². The van der Waals surface area contributed by atoms with Gasteiger partial charge in [-0.05, 0) is 36.8 Å². The zero-order valence-electron chi connectivity index (χ0n) is 13.4. The number of carbonyl (C=O) groups is 1. The van der Waals surface area contributed by atoms with E-state index in [2.05, 4.69) is 25.6 Å². The fourth-order valence-corrected chi connectivity index (χ4v) is 4.06. The predicted octanol–water partition coefficient (Wildman–Crippen LogP) is 3.35. The third-order valence-corrected chi connectivity index (χ3v) is 5.74. The highest BCUT2D eigenvalue weighted by Crippen LogP contribution is 2.24. The van der Waals surface area contributed by atoms with Gasteiger partial charge >= 0.3 is 0 Å². The highest BCUT2D eigenvalue weighted by Gasteiger charge is 2.20. The van der Waals surface area contributed by atoms with E-state index in [1.807, 2.05) is 6.92 Å². The second kappa shape index (κ2) is 6.93. The fraction of sp³-hybridized carbons (Fsp3) is 0.111. The topological polar surface area (TPSA) is 76.1 Å². The van der Waals surface area contributed by atoms with Crippen molar-refractivity contribution in [3.8, 4) is 0 Å². The van der Waals surface area contributed by atoms with Crippen molar-refractivity contribution in [3.05, 3.63) is 70.5 Å². The first kappa shape index (κ1) is 17.6. The molecular weight excluding hydrogens is 404 g/mol. The van der Waals surface area contributed by atoms with Gasteiger partial charge in [0.25, 0.3) is 10.0 Å². The number of nitrogens with zero attached hydrogens (tertiary/aromatic N) is 1. The van der Waals surface area contributed by atoms with Gasteiger partial charge in [0.15, 0.2) is 0 Å². The highest BCUT2D eigenvalue weighted by atomic mass is 79.9. The smallest absolute Gasteiger partial charge is 0.264 e. The summed E-state index contributed by atoms with van der Waals surface area (Å²) in [6.07, 6.45) is 1.54. The molecule has 3 aromatic rings. The number of hydrogen-bond donors (Lipinski definition) is 1. The van der Waals surface area contributed by atoms with Gasteiger partial charge in [0.2, 0.25) is 5.91 Å². The molecule has 25 heavy (non-hydrogen) atoms. The Hall–Kier alpha value is -2.25. The summed E-state index contributed by atoms with van der Waals surface area (Å²) in [5, 5.41) is 1.28. The average molecular weight is 419 g/mol. The number of benzene rings is 2. The van der Waals surface area contributed by atoms with Crippen LogP contribution in [-0.4, -0.2) is 19.3 Å². The number of carbonyl (C=O) groups excluding carboxylic acids is 1. The molecule has 0 atom stereocenters. The van der Waals surface area contributed by atoms with Crippen LogP contribution in [0.3, 0.4) is 0 Å². The molecule has 0 unspecified atom stereocenters. The molecule has 1 amide bonds. The highest BCUT2D eigenvalue weighted by molar-refractivity contribution is 9.10. The Morgan fingerprint density at radius 1 is 1.08 bits per heavy atom. The number of hydrogen-bond acceptors (Lipinski definition) is 4. The summed E-state index contributed by atoms with van der Waals surface area (Å²) in [4.78, 5) is 16.4. The van der Waals surface area contributed by atoms with Gasteiger partial charge in [-0.1, -0.05) is 40.2 Å². The first-order chi connectivity index (χ1) is 11.9. The molecule has 0 saturated heterocycles. The molecule has 0 saturated carbocycles. The Morgan fingerprint density at radius 2 is 1.80 bits per heavy atom. The number of pyridine rings is 1. The van der Waals surface area contributed by atoms with Crippen LogP contribution in [0.5, 0.6) is 0 Å². The lowest BCUT2D eigenvalue weighted by Gasteiger charge is -2.10. The van der Waals surface area contributed by atoms with Crippen molar-refractivity contribution < 1.29 is 13.2 Å². The Morgan fingerprint density at radius 3 is 2.52 bits per heavy atom. The van der Waals surface area contributed by atoms with Gasteiger partial charge in [0, 0.05) is 27.1 Å². The minimum atomic E-state index is -3.97. The summed E-state index contributed by atoms with van der Waals surface area (Å²) in [5.41, 5.74) is 1.46. The minimum Gasteiger partial charge on any atom is -0.274 e. The Labute approximate surface area is 154 Å². The molecule has 0 spiro atoms. The molecule has 5 nitrogen and oxygen atoms in total. The standard InChI is InChI=1S/C18H15BrN2O3S/c1-12-15-3-2-4-17(16(15)9-10-20-12)25(23,24)21-18(22)11-13-5-7-14(19)8-6-13/h2-10H,11H2,1H3,(H,21,22). The van der Waals surface area contributed by atoms with E-state index in [0.29, 0.717) is 5.39 Å². The van der Waals surface area contributed by atoms with Crippen LogP contribution in [0.15, 0.2) is 64.1 Å². The SMILES string of the molecule is Cc1nccc2c(S(=O)(=O)NC(=O)Cc3ccc(Br)cc3)cccc12. The van der Waals surface area contributed by atoms with E-state index < -0.39 is 15.9 Å². The van der Waals surface area contributed by atoms with E-state index in [1.165, 1.54) is 6.07 Å². The third-order valence-electron chi connectivity index (χ3n) is 3.78. The van der Waals surface area contributed by atoms with Crippen LogP contribution in [0, 0.1) is 6.92 Å². The molecule has 7 heteroatoms. The Balaban J connectivity index is 1.88. The fourth-order valence-electron chi connectivity index (χ4n) is 2.59. The van der Waals surface area contributed by atoms with Crippen LogP contribution < -0.4 is 4.72 Å². The lowest BCUT2D eigenvalue weighted by Crippen LogP contribution is -2.32. The first-order valence-electron chi connectivity index (χ1n) is 7.51. The molecule has 128 valence electrons. The van der Waals surface area contributed by atoms with Crippen molar-refractivity contribution in [2.24, 2.45) is 0 Å². The quantitative estimate of drug-likeness (QED) is 0.704. The van der Waals surface area contributed by atoms with Gasteiger partial charge in [0.1, 0.15) is 0 Å². The minimum absolute atomic E-state index is 0.0160. The van der Waals surface area contributed by atoms with Crippen molar-refractivity contribution in [2.45, 2.75) is 18.2 Å². The number of aryl methyl sites for hydroxylation is 1. The van der Waals surface area contributed by atoms with E-state index in [9.17, 15) is 13.2 Å². The molecule has 2 aromatic carbocycles. The first-order valence-corrected chi connectivity index (χ1v) is 9.79. The molecule has 0 aliphatic heterocycles. The number of rotatable bonds is 4. The summed E-state index contributed by atoms with van der Waals surface area (Å²) in [7, 11) is -3.97. The Kier molecular flexibility index (Phi) is 4.87. The summed E-state index contributed by atoms with van der Waals surface area (Å²) in [6.45, 7) is 1.81. The number of aromatic nitrogens is 1. The molecule has 0 aliphatic rings. The normalized spacial score (nSPS) is 11.4. The third kappa shape index (κ3) is 3.88. The lowest BCUT2D eigenvalue weighted by atomic mass is 10.1. The zero-order chi connectivity index (χ0) is 18.0. The van der Waals surface area contributed by atoms with Crippen LogP contribution in [0.25, 0.3) is 10.8 Å². The van der Waals surface area contributed by atoms with E-state index in [4.69, 9.17) is 0 Å². The number of nitrogens with one attached hydrogen (secondary N) is 1. The number of fused-ring (bicyclic) bond motifs is 1. The lowest BCUT2D eigenvalue weighted by molar-refractivity contribution is -0.118. The van der Waals surface area contributed by atoms with Crippen molar-refractivity contribution in [1.29, 1.82) is 0 Å². The zero-order valence-corrected chi connectivity index (χ0v) is 15.8. The largest absolute Gasteiger partial charge is 0.274 e. The maximum absolute atomic E-state index is 12.7. The van der Waals surface area contributed by atoms with Gasteiger partial charge in [-0.25, -0.2) is 13.1 Å². The number of amides is 1. The van der Waals surface area contributed by atoms with Gasteiger partial charge in [-0.3, -0.25) is 9.78 Å². The maximum Gasteiger partial charge on any atom is 0.264 e. The summed E-state index contributed by atoms with van der Waals surface area (Å²) in [5.74, 6) is -0.579. The molecule has 1 heterocycles. The number of sulfonamides is 1. The molecule has 0 radical (unpaired) electrons. The molecule has 0 fully saturated rings. The molecule has 1 aromatic heterocycles. The van der Waals surface area contributed by atoms with Crippen molar-refractivity contribution in [1.82, 2.24) is 9.71 Å². The summed E-state index contributed by atoms with van der Waals surface area (Å²) in [6, 6.07) is 13.7. The van der Waals surface area contributed by atoms with Crippen molar-refractivity contribution in [3.63, 3.8) is 0 Å². The van der Waals surface area contributed by atoms with E-state index in [1.54, 1.807) is 48.7 Å². The molecular formula is C18H15BrN2O3S. The number of halogens is 1. The van der Waals surface area contributed by atoms with E-state index in [0.717, 1.165) is 21.1 Å². The van der Waals surface area contributed by atoms with Gasteiger partial charge in [-0.2, -0.15) is 0 Å². The van der Waals surface area contributed by atoms with Gasteiger partial charge in [0.05, 0.1) is 11.3 Å². The molecule has 0 bridgehead atoms. The van der Waals surface area contributed by atoms with E-state index in [-0.39, 0.29) is 11.3 Å². The van der Waals surface area contributed by atoms with Gasteiger partial charge < -0.3 is 0 Å². The van der Waals surface area contributed by atoms with Crippen LogP contribution in [0.1, 0.15) is 11.3 Å². The monoisotopic (exact) mass is 418 g/mol. The van der Waals surface area contributed by atoms with Gasteiger partial charge in [-0.15, -0.1) is 0 Å². The summed E-state index contributed by atoms with van der Waals surface area (Å²) < 4.78 is 28.3. The Bertz CT molecular complexity index is 1050. The molecule has 1 N–H and O–H groups in total. The van der Waals surface area contributed by atoms with Crippen LogP contribution >= 0.6 is 15.9 Å². The van der Waals surface area contributed by atoms with Crippen LogP contribution in [0.2, 0.25) is 0 Å². The summed E-state index contributed by atoms with van der Waals surface area (Å²) >= 11 is 3.32. The maximum atomic E-state index is 12.7. The van der Waals surface area contributed by atoms with Crippen molar-refractivity contribution >= 4 is 42.6 Å². The second-order valence-corrected chi connectivity index (χ2v) is 8.15. The molecule has 3 rings (SSSR count). The predicted molar refractivity (Wildman–Crippen MR) is 99.7 cm³/mol. The van der Waals surface area contributed by atoms with Crippen LogP contribution in [0.4, 0.5) is 0 Å². The molecule has 0 aliphatic carbocycles. The second-order valence-electron chi connectivity index (χ2n) is 5.58. The average Bonchev–Trinajstić information content (AvgIpc) is 2.56. The van der Waals surface area contributed by atoms with E-state index >= 15 is 0 Å².